The Morgan fingerprint density at radius 3 is 2.00 bits per heavy atom. The van der Waals surface area contributed by atoms with Gasteiger partial charge in [-0.25, -0.2) is 0 Å². The van der Waals surface area contributed by atoms with Crippen LogP contribution >= 0.6 is 0 Å². The van der Waals surface area contributed by atoms with E-state index in [9.17, 15) is 10.4 Å². The lowest BCUT2D eigenvalue weighted by molar-refractivity contribution is -0.0893. The zero-order chi connectivity index (χ0) is 26.3. The highest BCUT2D eigenvalue weighted by atomic mass is 16.5. The molecule has 0 amide bonds. The van der Waals surface area contributed by atoms with Crippen molar-refractivity contribution in [1.82, 2.24) is 0 Å². The minimum atomic E-state index is -1.06. The number of hydrogen-bond acceptors (Lipinski definition) is 4. The highest BCUT2D eigenvalue weighted by Gasteiger charge is 2.46. The number of hydrogen-bond donors (Lipinski definition) is 1. The lowest BCUT2D eigenvalue weighted by Gasteiger charge is -2.42. The van der Waals surface area contributed by atoms with Gasteiger partial charge in [0.25, 0.3) is 0 Å². The maximum atomic E-state index is 10.6. The van der Waals surface area contributed by atoms with Crippen LogP contribution in [0.4, 0.5) is 0 Å². The van der Waals surface area contributed by atoms with E-state index in [1.807, 2.05) is 74.5 Å². The number of para-hydroxylation sites is 1. The second-order valence-corrected chi connectivity index (χ2v) is 10.4. The van der Waals surface area contributed by atoms with Gasteiger partial charge >= 0.3 is 7.48 Å². The van der Waals surface area contributed by atoms with Crippen LogP contribution in [0.25, 0.3) is 0 Å². The smallest absolute Gasteiger partial charge is 0.334 e. The zero-order valence-corrected chi connectivity index (χ0v) is 21.5. The van der Waals surface area contributed by atoms with Crippen molar-refractivity contribution in [2.24, 2.45) is 0 Å². The maximum Gasteiger partial charge on any atom is 0.334 e. The summed E-state index contributed by atoms with van der Waals surface area (Å²) in [5, 5.41) is 20.3. The minimum Gasteiger partial charge on any atom is -0.457 e. The van der Waals surface area contributed by atoms with Crippen LogP contribution in [0.5, 0.6) is 11.5 Å². The van der Waals surface area contributed by atoms with Crippen molar-refractivity contribution >= 4 is 12.9 Å². The fraction of sp³-hybridized carbons (Fsp3) is 0.219. The van der Waals surface area contributed by atoms with Crippen molar-refractivity contribution < 1.29 is 14.5 Å². The van der Waals surface area contributed by atoms with Crippen LogP contribution in [0.2, 0.25) is 0 Å². The van der Waals surface area contributed by atoms with Crippen LogP contribution in [0.15, 0.2) is 97.1 Å². The van der Waals surface area contributed by atoms with Crippen molar-refractivity contribution in [3.63, 3.8) is 0 Å². The number of fused-ring (bicyclic) bond motifs is 2. The molecule has 0 bridgehead atoms. The summed E-state index contributed by atoms with van der Waals surface area (Å²) in [5.74, 6) is 1.28. The van der Waals surface area contributed by atoms with E-state index in [0.717, 1.165) is 27.7 Å². The average Bonchev–Trinajstić information content (AvgIpc) is 2.90. The number of nitrogens with zero attached hydrogens (tertiary/aromatic N) is 1. The molecule has 0 spiro atoms. The van der Waals surface area contributed by atoms with Gasteiger partial charge < -0.3 is 14.5 Å². The first-order valence-electron chi connectivity index (χ1n) is 12.4. The molecule has 5 rings (SSSR count). The second kappa shape index (κ2) is 9.23. The lowest BCUT2D eigenvalue weighted by atomic mass is 9.62. The van der Waals surface area contributed by atoms with Crippen LogP contribution in [-0.4, -0.2) is 23.8 Å². The molecule has 4 nitrogen and oxygen atoms in total. The Kier molecular flexibility index (Phi) is 6.19. The minimum absolute atomic E-state index is 0.526. The molecule has 0 aromatic heterocycles. The first-order chi connectivity index (χ1) is 17.7. The van der Waals surface area contributed by atoms with Gasteiger partial charge in [0.05, 0.1) is 28.2 Å². The number of nitriles is 1. The fourth-order valence-corrected chi connectivity index (χ4v) is 4.82. The van der Waals surface area contributed by atoms with Crippen LogP contribution in [0.3, 0.4) is 0 Å². The van der Waals surface area contributed by atoms with Gasteiger partial charge in [-0.3, -0.25) is 0 Å². The van der Waals surface area contributed by atoms with Crippen LogP contribution in [-0.2, 0) is 10.1 Å². The molecule has 5 heteroatoms. The summed E-state index contributed by atoms with van der Waals surface area (Å²) in [6.45, 7) is 7.17. The molecule has 0 saturated carbocycles. The third kappa shape index (κ3) is 4.13. The van der Waals surface area contributed by atoms with E-state index >= 15 is 0 Å². The normalized spacial score (nSPS) is 14.1. The van der Waals surface area contributed by atoms with Crippen LogP contribution in [0.1, 0.15) is 55.5 Å². The Bertz CT molecular complexity index is 1430. The maximum absolute atomic E-state index is 10.6. The second-order valence-electron chi connectivity index (χ2n) is 10.4. The molecule has 0 fully saturated rings. The summed E-state index contributed by atoms with van der Waals surface area (Å²) in [6.07, 6.45) is 0. The SMILES string of the molecule is CC(C)(O)C(C)(C)O[B]c1cccc2c1Oc1cc(C#N)ccc1C2(c1ccccc1)c1ccccc1. The monoisotopic (exact) mass is 486 g/mol. The van der Waals surface area contributed by atoms with E-state index in [0.29, 0.717) is 17.1 Å². The molecule has 183 valence electrons. The van der Waals surface area contributed by atoms with Crippen molar-refractivity contribution in [1.29, 1.82) is 5.26 Å². The predicted molar refractivity (Wildman–Crippen MR) is 146 cm³/mol. The van der Waals surface area contributed by atoms with Gasteiger partial charge in [0.1, 0.15) is 11.5 Å². The summed E-state index contributed by atoms with van der Waals surface area (Å²) in [4.78, 5) is 0. The van der Waals surface area contributed by atoms with Crippen molar-refractivity contribution in [2.45, 2.75) is 44.3 Å². The third-order valence-corrected chi connectivity index (χ3v) is 7.54. The molecule has 0 atom stereocenters. The van der Waals surface area contributed by atoms with Gasteiger partial charge in [-0.05, 0) is 56.4 Å². The van der Waals surface area contributed by atoms with E-state index in [1.165, 1.54) is 0 Å². The Morgan fingerprint density at radius 1 is 0.811 bits per heavy atom. The first kappa shape index (κ1) is 24.8. The summed E-state index contributed by atoms with van der Waals surface area (Å²) in [5.41, 5.74) is 2.80. The number of aliphatic hydroxyl groups is 1. The van der Waals surface area contributed by atoms with Gasteiger partial charge in [0.2, 0.25) is 0 Å². The van der Waals surface area contributed by atoms with Crippen LogP contribution in [0, 0.1) is 11.3 Å². The van der Waals surface area contributed by atoms with Crippen molar-refractivity contribution in [2.75, 3.05) is 0 Å². The van der Waals surface area contributed by atoms with E-state index < -0.39 is 16.6 Å². The summed E-state index contributed by atoms with van der Waals surface area (Å²) >= 11 is 0. The summed E-state index contributed by atoms with van der Waals surface area (Å²) < 4.78 is 12.7. The molecular weight excluding hydrogens is 457 g/mol. The molecule has 37 heavy (non-hydrogen) atoms. The Hall–Kier alpha value is -3.85. The van der Waals surface area contributed by atoms with Crippen LogP contribution < -0.4 is 10.2 Å². The molecule has 1 N–H and O–H groups in total. The number of benzene rings is 4. The molecule has 1 heterocycles. The summed E-state index contributed by atoms with van der Waals surface area (Å²) in [6, 6.07) is 34.7. The molecule has 1 aliphatic rings. The molecule has 1 aliphatic heterocycles. The molecule has 0 aliphatic carbocycles. The van der Waals surface area contributed by atoms with Crippen molar-refractivity contribution in [3.05, 3.63) is 125 Å². The average molecular weight is 486 g/mol. The predicted octanol–water partition coefficient (Wildman–Crippen LogP) is 5.86. The fourth-order valence-electron chi connectivity index (χ4n) is 4.82. The Balaban J connectivity index is 1.79. The Labute approximate surface area is 219 Å². The van der Waals surface area contributed by atoms with E-state index in [1.54, 1.807) is 27.4 Å². The highest BCUT2D eigenvalue weighted by molar-refractivity contribution is 6.48. The van der Waals surface area contributed by atoms with Crippen molar-refractivity contribution in [3.8, 4) is 17.6 Å². The van der Waals surface area contributed by atoms with E-state index in [-0.39, 0.29) is 0 Å². The molecule has 4 aromatic carbocycles. The molecule has 0 unspecified atom stereocenters. The van der Waals surface area contributed by atoms with Gasteiger partial charge in [-0.15, -0.1) is 0 Å². The standard InChI is InChI=1S/C32H29BNO3/c1-30(2,35)31(3,4)37-33-27-17-11-16-26-29(27)36-28-20-22(21-34)18-19-25(28)32(26,23-12-7-5-8-13-23)24-14-9-6-10-15-24/h5-20,35H,1-4H3. The highest BCUT2D eigenvalue weighted by Crippen LogP contribution is 2.54. The zero-order valence-electron chi connectivity index (χ0n) is 21.5. The first-order valence-corrected chi connectivity index (χ1v) is 12.4. The third-order valence-electron chi connectivity index (χ3n) is 7.54. The Morgan fingerprint density at radius 2 is 1.43 bits per heavy atom. The largest absolute Gasteiger partial charge is 0.457 e. The number of rotatable bonds is 6. The molecule has 1 radical (unpaired) electrons. The topological polar surface area (TPSA) is 62.5 Å². The van der Waals surface area contributed by atoms with E-state index in [4.69, 9.17) is 9.39 Å². The van der Waals surface area contributed by atoms with Gasteiger partial charge in [-0.2, -0.15) is 5.26 Å². The van der Waals surface area contributed by atoms with E-state index in [2.05, 4.69) is 36.4 Å². The quantitative estimate of drug-likeness (QED) is 0.306. The van der Waals surface area contributed by atoms with Gasteiger partial charge in [0.15, 0.2) is 0 Å². The molecule has 4 aromatic rings. The molecule has 0 saturated heterocycles. The van der Waals surface area contributed by atoms with Gasteiger partial charge in [0, 0.05) is 11.1 Å². The molecular formula is C32H29BNO3. The van der Waals surface area contributed by atoms with Gasteiger partial charge in [-0.1, -0.05) is 84.9 Å². The summed E-state index contributed by atoms with van der Waals surface area (Å²) in [7, 11) is 1.66. The lowest BCUT2D eigenvalue weighted by Crippen LogP contribution is -2.49. The number of ether oxygens (including phenoxy) is 1.